The highest BCUT2D eigenvalue weighted by Gasteiger charge is 2.29. The molecule has 1 aliphatic carbocycles. The summed E-state index contributed by atoms with van der Waals surface area (Å²) in [4.78, 5) is 40.9. The van der Waals surface area contributed by atoms with Crippen molar-refractivity contribution in [2.45, 2.75) is 45.6 Å². The molecule has 8 nitrogen and oxygen atoms in total. The number of hydrogen-bond acceptors (Lipinski definition) is 7. The van der Waals surface area contributed by atoms with Gasteiger partial charge >= 0.3 is 5.97 Å². The molecule has 1 saturated carbocycles. The van der Waals surface area contributed by atoms with E-state index in [0.29, 0.717) is 38.5 Å². The molecule has 4 rings (SSSR count). The van der Waals surface area contributed by atoms with Crippen molar-refractivity contribution in [3.05, 3.63) is 53.0 Å². The number of nitrogens with zero attached hydrogens (tertiary/aromatic N) is 2. The Morgan fingerprint density at radius 2 is 1.82 bits per heavy atom. The number of thiophene rings is 1. The van der Waals surface area contributed by atoms with Gasteiger partial charge in [-0.2, -0.15) is 0 Å². The Morgan fingerprint density at radius 3 is 2.54 bits per heavy atom. The van der Waals surface area contributed by atoms with Crippen LogP contribution in [-0.2, 0) is 30.3 Å². The Kier molecular flexibility index (Phi) is 10.3. The Bertz CT molecular complexity index is 1270. The normalized spacial score (nSPS) is 17.3. The fourth-order valence-corrected chi connectivity index (χ4v) is 6.15. The van der Waals surface area contributed by atoms with Crippen molar-refractivity contribution in [1.29, 1.82) is 0 Å². The van der Waals surface area contributed by atoms with Gasteiger partial charge in [0.15, 0.2) is 5.78 Å². The quantitative estimate of drug-likeness (QED) is 0.163. The zero-order valence-corrected chi connectivity index (χ0v) is 23.8. The third-order valence-electron chi connectivity index (χ3n) is 7.46. The minimum absolute atomic E-state index is 0.0396. The summed E-state index contributed by atoms with van der Waals surface area (Å²) >= 11 is 1.57. The number of amides is 1. The van der Waals surface area contributed by atoms with Gasteiger partial charge in [-0.15, -0.1) is 11.3 Å². The summed E-state index contributed by atoms with van der Waals surface area (Å²) in [5.74, 6) is -0.0672. The van der Waals surface area contributed by atoms with Crippen molar-refractivity contribution >= 4 is 44.9 Å². The number of ether oxygens (including phenoxy) is 3. The van der Waals surface area contributed by atoms with Gasteiger partial charge in [-0.05, 0) is 73.7 Å². The van der Waals surface area contributed by atoms with Crippen LogP contribution >= 0.6 is 11.3 Å². The first kappa shape index (κ1) is 29.0. The average molecular weight is 555 g/mol. The van der Waals surface area contributed by atoms with Crippen molar-refractivity contribution < 1.29 is 28.6 Å². The monoisotopic (exact) mass is 554 g/mol. The van der Waals surface area contributed by atoms with Crippen molar-refractivity contribution in [2.75, 3.05) is 45.5 Å². The van der Waals surface area contributed by atoms with E-state index in [9.17, 15) is 14.4 Å². The summed E-state index contributed by atoms with van der Waals surface area (Å²) < 4.78 is 18.5. The summed E-state index contributed by atoms with van der Waals surface area (Å²) in [5.41, 5.74) is 3.33. The number of carbonyl (C=O) groups is 3. The first-order chi connectivity index (χ1) is 18.9. The molecule has 0 aliphatic heterocycles. The maximum atomic E-state index is 13.8. The van der Waals surface area contributed by atoms with E-state index in [4.69, 9.17) is 14.2 Å². The molecule has 39 heavy (non-hydrogen) atoms. The van der Waals surface area contributed by atoms with E-state index in [1.165, 1.54) is 7.11 Å². The van der Waals surface area contributed by atoms with Crippen LogP contribution in [-0.4, -0.2) is 62.8 Å². The average Bonchev–Trinajstić information content (AvgIpc) is 3.53. The molecule has 0 N–H and O–H groups in total. The SMILES string of the molecule is COCCOCCN(C(=O)Cn1c(C(=O)CC2CCC(C(=O)OC)CC2)cc2sccc21)c1cccc(C)c1. The third-order valence-corrected chi connectivity index (χ3v) is 8.32. The maximum Gasteiger partial charge on any atom is 0.308 e. The number of rotatable bonds is 13. The molecule has 2 aromatic heterocycles. The molecule has 0 spiro atoms. The van der Waals surface area contributed by atoms with Gasteiger partial charge in [-0.25, -0.2) is 0 Å². The van der Waals surface area contributed by atoms with Crippen LogP contribution in [0, 0.1) is 18.8 Å². The molecular weight excluding hydrogens is 516 g/mol. The lowest BCUT2D eigenvalue weighted by Crippen LogP contribution is -2.37. The van der Waals surface area contributed by atoms with E-state index in [2.05, 4.69) is 0 Å². The number of hydrogen-bond donors (Lipinski definition) is 0. The highest BCUT2D eigenvalue weighted by Crippen LogP contribution is 2.34. The topological polar surface area (TPSA) is 87.1 Å². The van der Waals surface area contributed by atoms with Gasteiger partial charge in [-0.1, -0.05) is 12.1 Å². The van der Waals surface area contributed by atoms with Crippen LogP contribution in [0.15, 0.2) is 41.8 Å². The molecule has 9 heteroatoms. The van der Waals surface area contributed by atoms with Gasteiger partial charge in [0, 0.05) is 25.8 Å². The maximum absolute atomic E-state index is 13.8. The van der Waals surface area contributed by atoms with E-state index in [1.807, 2.05) is 53.3 Å². The van der Waals surface area contributed by atoms with Gasteiger partial charge in [0.05, 0.1) is 48.8 Å². The first-order valence-corrected chi connectivity index (χ1v) is 14.4. The molecule has 210 valence electrons. The number of anilines is 1. The first-order valence-electron chi connectivity index (χ1n) is 13.5. The third kappa shape index (κ3) is 7.35. The predicted octanol–water partition coefficient (Wildman–Crippen LogP) is 5.26. The van der Waals surface area contributed by atoms with Crippen molar-refractivity contribution in [3.8, 4) is 0 Å². The van der Waals surface area contributed by atoms with Crippen LogP contribution in [0.4, 0.5) is 5.69 Å². The zero-order valence-electron chi connectivity index (χ0n) is 23.0. The smallest absolute Gasteiger partial charge is 0.308 e. The van der Waals surface area contributed by atoms with Crippen LogP contribution in [0.1, 0.15) is 48.2 Å². The Morgan fingerprint density at radius 1 is 1.03 bits per heavy atom. The Hall–Kier alpha value is -3.01. The van der Waals surface area contributed by atoms with E-state index in [-0.39, 0.29) is 36.0 Å². The largest absolute Gasteiger partial charge is 0.469 e. The van der Waals surface area contributed by atoms with Crippen LogP contribution < -0.4 is 4.90 Å². The molecule has 0 atom stereocenters. The molecule has 1 amide bonds. The lowest BCUT2D eigenvalue weighted by Gasteiger charge is -2.26. The Labute approximate surface area is 233 Å². The number of carbonyl (C=O) groups excluding carboxylic acids is 3. The molecule has 0 radical (unpaired) electrons. The number of fused-ring (bicyclic) bond motifs is 1. The van der Waals surface area contributed by atoms with Crippen LogP contribution in [0.5, 0.6) is 0 Å². The van der Waals surface area contributed by atoms with Crippen LogP contribution in [0.2, 0.25) is 0 Å². The van der Waals surface area contributed by atoms with Crippen molar-refractivity contribution in [2.24, 2.45) is 11.8 Å². The summed E-state index contributed by atoms with van der Waals surface area (Å²) in [6, 6.07) is 11.7. The minimum atomic E-state index is -0.158. The second-order valence-corrected chi connectivity index (χ2v) is 11.1. The van der Waals surface area contributed by atoms with Gasteiger partial charge in [0.25, 0.3) is 0 Å². The van der Waals surface area contributed by atoms with E-state index < -0.39 is 0 Å². The van der Waals surface area contributed by atoms with Crippen LogP contribution in [0.3, 0.4) is 0 Å². The molecule has 2 heterocycles. The van der Waals surface area contributed by atoms with E-state index >= 15 is 0 Å². The number of Topliss-reactive ketones (excluding diaryl/α,β-unsaturated/α-hetero) is 1. The standard InChI is InChI=1S/C30H38N2O6S/c1-21-5-4-6-24(17-21)31(12-13-38-15-14-36-2)29(34)20-32-25-11-16-39-28(25)19-26(32)27(33)18-22-7-9-23(10-8-22)30(35)37-3/h4-6,11,16-17,19,22-23H,7-10,12-15,18,20H2,1-3H3. The molecule has 0 unspecified atom stereocenters. The molecule has 1 fully saturated rings. The minimum Gasteiger partial charge on any atom is -0.469 e. The van der Waals surface area contributed by atoms with Gasteiger partial charge in [0.2, 0.25) is 5.91 Å². The molecule has 1 aliphatic rings. The van der Waals surface area contributed by atoms with Gasteiger partial charge < -0.3 is 23.7 Å². The number of esters is 1. The van der Waals surface area contributed by atoms with Gasteiger partial charge in [0.1, 0.15) is 6.54 Å². The summed E-state index contributed by atoms with van der Waals surface area (Å²) in [6.07, 6.45) is 3.55. The van der Waals surface area contributed by atoms with E-state index in [0.717, 1.165) is 47.2 Å². The zero-order chi connectivity index (χ0) is 27.8. The summed E-state index contributed by atoms with van der Waals surface area (Å²) in [5, 5.41) is 1.98. The number of benzene rings is 1. The number of methoxy groups -OCH3 is 2. The summed E-state index contributed by atoms with van der Waals surface area (Å²) in [7, 11) is 3.05. The van der Waals surface area contributed by atoms with Gasteiger partial charge in [-0.3, -0.25) is 14.4 Å². The Balaban J connectivity index is 1.50. The number of aromatic nitrogens is 1. The fourth-order valence-electron chi connectivity index (χ4n) is 5.33. The fraction of sp³-hybridized carbons (Fsp3) is 0.500. The molecule has 0 bridgehead atoms. The number of ketones is 1. The highest BCUT2D eigenvalue weighted by molar-refractivity contribution is 7.17. The highest BCUT2D eigenvalue weighted by atomic mass is 32.1. The predicted molar refractivity (Wildman–Crippen MR) is 152 cm³/mol. The second kappa shape index (κ2) is 13.9. The van der Waals surface area contributed by atoms with Crippen LogP contribution in [0.25, 0.3) is 10.2 Å². The summed E-state index contributed by atoms with van der Waals surface area (Å²) in [6.45, 7) is 3.78. The molecular formula is C30H38N2O6S. The van der Waals surface area contributed by atoms with Crippen molar-refractivity contribution in [3.63, 3.8) is 0 Å². The lowest BCUT2D eigenvalue weighted by atomic mass is 9.79. The molecule has 1 aromatic carbocycles. The number of aryl methyl sites for hydroxylation is 1. The van der Waals surface area contributed by atoms with Crippen molar-refractivity contribution in [1.82, 2.24) is 4.57 Å². The lowest BCUT2D eigenvalue weighted by molar-refractivity contribution is -0.146. The molecule has 0 saturated heterocycles. The van der Waals surface area contributed by atoms with E-state index in [1.54, 1.807) is 23.3 Å². The second-order valence-electron chi connectivity index (χ2n) is 10.1. The molecule has 3 aromatic rings.